The van der Waals surface area contributed by atoms with Crippen LogP contribution in [0.2, 0.25) is 5.02 Å². The molecule has 1 N–H and O–H groups in total. The number of rotatable bonds is 2. The van der Waals surface area contributed by atoms with Gasteiger partial charge in [-0.1, -0.05) is 23.7 Å². The van der Waals surface area contributed by atoms with E-state index in [1.807, 2.05) is 29.2 Å². The van der Waals surface area contributed by atoms with E-state index in [1.54, 1.807) is 0 Å². The lowest BCUT2D eigenvalue weighted by Crippen LogP contribution is -2.54. The topological polar surface area (TPSA) is 54.0 Å². The third-order valence-corrected chi connectivity index (χ3v) is 5.97. The Kier molecular flexibility index (Phi) is 5.25. The monoisotopic (exact) mass is 379 g/mol. The van der Waals surface area contributed by atoms with Crippen LogP contribution in [-0.4, -0.2) is 62.2 Å². The fourth-order valence-corrected chi connectivity index (χ4v) is 4.37. The van der Waals surface area contributed by atoms with Gasteiger partial charge in [0, 0.05) is 45.1 Å². The van der Waals surface area contributed by atoms with Crippen LogP contribution in [0.3, 0.4) is 0 Å². The molecule has 1 spiro atoms. The molecule has 0 bridgehead atoms. The van der Waals surface area contributed by atoms with E-state index in [0.717, 1.165) is 49.5 Å². The second-order valence-corrected chi connectivity index (χ2v) is 7.66. The third kappa shape index (κ3) is 3.77. The quantitative estimate of drug-likeness (QED) is 0.858. The van der Waals surface area contributed by atoms with Gasteiger partial charge in [0.05, 0.1) is 23.9 Å². The largest absolute Gasteiger partial charge is 0.367 e. The number of ether oxygens (including phenoxy) is 2. The van der Waals surface area contributed by atoms with Gasteiger partial charge in [0.1, 0.15) is 0 Å². The van der Waals surface area contributed by atoms with E-state index in [0.29, 0.717) is 26.3 Å². The van der Waals surface area contributed by atoms with E-state index >= 15 is 0 Å². The number of halogens is 1. The van der Waals surface area contributed by atoms with Gasteiger partial charge < -0.3 is 24.6 Å². The minimum Gasteiger partial charge on any atom is -0.367 e. The van der Waals surface area contributed by atoms with Crippen molar-refractivity contribution in [2.75, 3.05) is 44.3 Å². The second-order valence-electron chi connectivity index (χ2n) is 7.26. The zero-order chi connectivity index (χ0) is 18.0. The van der Waals surface area contributed by atoms with E-state index in [2.05, 4.69) is 10.2 Å². The summed E-state index contributed by atoms with van der Waals surface area (Å²) in [4.78, 5) is 16.7. The summed E-state index contributed by atoms with van der Waals surface area (Å²) < 4.78 is 11.5. The number of amides is 2. The van der Waals surface area contributed by atoms with Gasteiger partial charge in [0.2, 0.25) is 0 Å². The molecule has 0 radical (unpaired) electrons. The minimum atomic E-state index is -0.373. The Balaban J connectivity index is 1.25. The molecule has 6 nitrogen and oxygen atoms in total. The Bertz CT molecular complexity index is 633. The molecular formula is C19H26ClN3O3. The molecule has 1 saturated carbocycles. The molecule has 26 heavy (non-hydrogen) atoms. The highest BCUT2D eigenvalue weighted by molar-refractivity contribution is 6.33. The number of benzene rings is 1. The number of hydrogen-bond acceptors (Lipinski definition) is 4. The van der Waals surface area contributed by atoms with Crippen molar-refractivity contribution in [3.8, 4) is 0 Å². The Labute approximate surface area is 159 Å². The number of carbonyl (C=O) groups is 1. The molecule has 2 heterocycles. The van der Waals surface area contributed by atoms with E-state index in [-0.39, 0.29) is 17.9 Å². The Hall–Kier alpha value is -1.50. The number of hydrogen-bond donors (Lipinski definition) is 1. The van der Waals surface area contributed by atoms with Gasteiger partial charge in [-0.2, -0.15) is 0 Å². The number of nitrogens with zero attached hydrogens (tertiary/aromatic N) is 2. The van der Waals surface area contributed by atoms with Crippen molar-refractivity contribution < 1.29 is 14.3 Å². The van der Waals surface area contributed by atoms with Crippen LogP contribution < -0.4 is 10.2 Å². The zero-order valence-corrected chi connectivity index (χ0v) is 15.7. The molecule has 4 rings (SSSR count). The second kappa shape index (κ2) is 7.62. The fourth-order valence-electron chi connectivity index (χ4n) is 4.11. The molecule has 2 saturated heterocycles. The summed E-state index contributed by atoms with van der Waals surface area (Å²) in [5, 5.41) is 3.95. The normalized spacial score (nSPS) is 23.4. The molecule has 1 aliphatic carbocycles. The van der Waals surface area contributed by atoms with E-state index in [9.17, 15) is 4.79 Å². The third-order valence-electron chi connectivity index (χ3n) is 5.65. The zero-order valence-electron chi connectivity index (χ0n) is 15.0. The highest BCUT2D eigenvalue weighted by Gasteiger charge is 2.40. The molecule has 0 aromatic heterocycles. The van der Waals surface area contributed by atoms with Crippen LogP contribution in [0.4, 0.5) is 10.5 Å². The van der Waals surface area contributed by atoms with Crippen LogP contribution in [0.25, 0.3) is 0 Å². The maximum absolute atomic E-state index is 12.6. The van der Waals surface area contributed by atoms with Gasteiger partial charge in [-0.3, -0.25) is 0 Å². The number of piperazine rings is 1. The van der Waals surface area contributed by atoms with Gasteiger partial charge >= 0.3 is 6.03 Å². The molecule has 1 aromatic carbocycles. The first-order chi connectivity index (χ1) is 12.7. The maximum Gasteiger partial charge on any atom is 0.317 e. The average molecular weight is 380 g/mol. The van der Waals surface area contributed by atoms with Crippen molar-refractivity contribution in [1.82, 2.24) is 10.2 Å². The fraction of sp³-hybridized carbons (Fsp3) is 0.632. The molecule has 0 unspecified atom stereocenters. The van der Waals surface area contributed by atoms with Crippen molar-refractivity contribution in [2.45, 2.75) is 37.5 Å². The molecule has 142 valence electrons. The van der Waals surface area contributed by atoms with Gasteiger partial charge in [-0.15, -0.1) is 0 Å². The van der Waals surface area contributed by atoms with Gasteiger partial charge in [-0.25, -0.2) is 4.79 Å². The summed E-state index contributed by atoms with van der Waals surface area (Å²) in [5.74, 6) is -0.373. The summed E-state index contributed by atoms with van der Waals surface area (Å²) in [5.41, 5.74) is 1.04. The lowest BCUT2D eigenvalue weighted by molar-refractivity contribution is -0.179. The van der Waals surface area contributed by atoms with Crippen LogP contribution in [0.15, 0.2) is 24.3 Å². The average Bonchev–Trinajstić information content (AvgIpc) is 3.12. The van der Waals surface area contributed by atoms with Crippen molar-refractivity contribution in [3.63, 3.8) is 0 Å². The first-order valence-corrected chi connectivity index (χ1v) is 9.86. The molecule has 7 heteroatoms. The SMILES string of the molecule is O=C(NC1CCC2(CC1)OCCO2)N1CCN(c2ccccc2Cl)CC1. The molecule has 3 aliphatic rings. The van der Waals surface area contributed by atoms with Crippen molar-refractivity contribution >= 4 is 23.3 Å². The summed E-state index contributed by atoms with van der Waals surface area (Å²) >= 11 is 6.28. The molecule has 0 atom stereocenters. The highest BCUT2D eigenvalue weighted by atomic mass is 35.5. The first kappa shape index (κ1) is 17.9. The van der Waals surface area contributed by atoms with E-state index in [1.165, 1.54) is 0 Å². The van der Waals surface area contributed by atoms with Crippen molar-refractivity contribution in [1.29, 1.82) is 0 Å². The smallest absolute Gasteiger partial charge is 0.317 e. The Morgan fingerprint density at radius 3 is 2.38 bits per heavy atom. The summed E-state index contributed by atoms with van der Waals surface area (Å²) in [6, 6.07) is 8.12. The molecule has 3 fully saturated rings. The van der Waals surface area contributed by atoms with Gasteiger partial charge in [-0.05, 0) is 25.0 Å². The highest BCUT2D eigenvalue weighted by Crippen LogP contribution is 2.35. The summed E-state index contributed by atoms with van der Waals surface area (Å²) in [6.45, 7) is 4.39. The molecule has 2 amide bonds. The van der Waals surface area contributed by atoms with Crippen LogP contribution >= 0.6 is 11.6 Å². The predicted octanol–water partition coefficient (Wildman–Crippen LogP) is 2.86. The first-order valence-electron chi connectivity index (χ1n) is 9.48. The van der Waals surface area contributed by atoms with Crippen molar-refractivity contribution in [3.05, 3.63) is 29.3 Å². The maximum atomic E-state index is 12.6. The predicted molar refractivity (Wildman–Crippen MR) is 101 cm³/mol. The van der Waals surface area contributed by atoms with Crippen LogP contribution in [0, 0.1) is 0 Å². The summed E-state index contributed by atoms with van der Waals surface area (Å²) in [7, 11) is 0. The van der Waals surface area contributed by atoms with E-state index in [4.69, 9.17) is 21.1 Å². The summed E-state index contributed by atoms with van der Waals surface area (Å²) in [6.07, 6.45) is 3.53. The Morgan fingerprint density at radius 1 is 1.08 bits per heavy atom. The van der Waals surface area contributed by atoms with Crippen molar-refractivity contribution in [2.24, 2.45) is 0 Å². The standard InChI is InChI=1S/C19H26ClN3O3/c20-16-3-1-2-4-17(16)22-9-11-23(12-10-22)18(24)21-15-5-7-19(8-6-15)25-13-14-26-19/h1-4,15H,5-14H2,(H,21,24). The number of para-hydroxylation sites is 1. The van der Waals surface area contributed by atoms with E-state index < -0.39 is 0 Å². The number of urea groups is 1. The van der Waals surface area contributed by atoms with Crippen LogP contribution in [0.1, 0.15) is 25.7 Å². The molecule has 2 aliphatic heterocycles. The lowest BCUT2D eigenvalue weighted by Gasteiger charge is -2.39. The molecular weight excluding hydrogens is 354 g/mol. The van der Waals surface area contributed by atoms with Crippen LogP contribution in [0.5, 0.6) is 0 Å². The number of nitrogens with one attached hydrogen (secondary N) is 1. The minimum absolute atomic E-state index is 0.0398. The number of carbonyl (C=O) groups excluding carboxylic acids is 1. The van der Waals surface area contributed by atoms with Gasteiger partial charge in [0.15, 0.2) is 5.79 Å². The lowest BCUT2D eigenvalue weighted by atomic mass is 9.90. The number of anilines is 1. The molecule has 1 aromatic rings. The Morgan fingerprint density at radius 2 is 1.73 bits per heavy atom. The van der Waals surface area contributed by atoms with Crippen LogP contribution in [-0.2, 0) is 9.47 Å². The van der Waals surface area contributed by atoms with Gasteiger partial charge in [0.25, 0.3) is 0 Å².